The van der Waals surface area contributed by atoms with Crippen LogP contribution in [-0.4, -0.2) is 50.4 Å². The Morgan fingerprint density at radius 2 is 1.87 bits per heavy atom. The zero-order chi connectivity index (χ0) is 20.6. The number of likely N-dealkylation sites (tertiary alicyclic amines) is 1. The topological polar surface area (TPSA) is 81.1 Å². The molecule has 7 heteroatoms. The Bertz CT molecular complexity index is 1080. The summed E-state index contributed by atoms with van der Waals surface area (Å²) >= 11 is 0. The van der Waals surface area contributed by atoms with Crippen molar-refractivity contribution in [3.8, 4) is 11.4 Å². The Morgan fingerprint density at radius 1 is 1.07 bits per heavy atom. The summed E-state index contributed by atoms with van der Waals surface area (Å²) < 4.78 is 6.32. The number of piperidine rings is 1. The average molecular weight is 401 g/mol. The quantitative estimate of drug-likeness (QED) is 0.657. The molecule has 0 bridgehead atoms. The van der Waals surface area contributed by atoms with Crippen LogP contribution in [0.2, 0.25) is 0 Å². The van der Waals surface area contributed by atoms with Gasteiger partial charge in [-0.15, -0.1) is 0 Å². The van der Waals surface area contributed by atoms with E-state index < -0.39 is 5.60 Å². The molecular formula is C23H23N5O2. The van der Waals surface area contributed by atoms with Crippen LogP contribution >= 0.6 is 0 Å². The van der Waals surface area contributed by atoms with E-state index in [0.717, 1.165) is 28.9 Å². The molecule has 1 amide bonds. The summed E-state index contributed by atoms with van der Waals surface area (Å²) in [7, 11) is 0. The molecule has 30 heavy (non-hydrogen) atoms. The second-order valence-electron chi connectivity index (χ2n) is 7.86. The van der Waals surface area contributed by atoms with Gasteiger partial charge in [-0.2, -0.15) is 0 Å². The van der Waals surface area contributed by atoms with Crippen LogP contribution in [0.3, 0.4) is 0 Å². The number of carbonyl (C=O) groups is 1. The van der Waals surface area contributed by atoms with E-state index in [-0.39, 0.29) is 5.91 Å². The van der Waals surface area contributed by atoms with Gasteiger partial charge in [0.25, 0.3) is 5.91 Å². The summed E-state index contributed by atoms with van der Waals surface area (Å²) in [5.74, 6) is 0.637. The molecule has 0 N–H and O–H groups in total. The van der Waals surface area contributed by atoms with Crippen LogP contribution in [0.5, 0.6) is 0 Å². The third kappa shape index (κ3) is 3.35. The minimum Gasteiger partial charge on any atom is -0.368 e. The summed E-state index contributed by atoms with van der Waals surface area (Å²) in [6.07, 6.45) is 7.35. The third-order valence-electron chi connectivity index (χ3n) is 5.91. The Hall–Kier alpha value is -3.19. The van der Waals surface area contributed by atoms with Crippen molar-refractivity contribution in [1.29, 1.82) is 0 Å². The van der Waals surface area contributed by atoms with Crippen molar-refractivity contribution in [1.82, 2.24) is 24.8 Å². The van der Waals surface area contributed by atoms with Crippen molar-refractivity contribution in [3.63, 3.8) is 0 Å². The molecule has 2 aliphatic rings. The zero-order valence-electron chi connectivity index (χ0n) is 16.9. The van der Waals surface area contributed by atoms with Gasteiger partial charge < -0.3 is 9.64 Å². The number of nitrogens with zero attached hydrogens (tertiary/aromatic N) is 5. The van der Waals surface area contributed by atoms with Gasteiger partial charge in [0.2, 0.25) is 0 Å². The lowest BCUT2D eigenvalue weighted by atomic mass is 9.83. The highest BCUT2D eigenvalue weighted by Crippen LogP contribution is 2.41. The lowest BCUT2D eigenvalue weighted by Crippen LogP contribution is -2.49. The number of hydrogen-bond acceptors (Lipinski definition) is 6. The molecule has 1 aromatic carbocycles. The van der Waals surface area contributed by atoms with Gasteiger partial charge in [0, 0.05) is 31.0 Å². The van der Waals surface area contributed by atoms with E-state index in [0.29, 0.717) is 44.1 Å². The van der Waals surface area contributed by atoms with E-state index in [1.807, 2.05) is 48.4 Å². The van der Waals surface area contributed by atoms with E-state index in [9.17, 15) is 4.79 Å². The highest BCUT2D eigenvalue weighted by atomic mass is 16.5. The molecule has 5 rings (SSSR count). The lowest BCUT2D eigenvalue weighted by Gasteiger charge is -2.44. The van der Waals surface area contributed by atoms with Gasteiger partial charge in [0.1, 0.15) is 11.3 Å². The van der Waals surface area contributed by atoms with Gasteiger partial charge in [-0.1, -0.05) is 30.3 Å². The van der Waals surface area contributed by atoms with Crippen LogP contribution in [0.25, 0.3) is 11.4 Å². The lowest BCUT2D eigenvalue weighted by molar-refractivity contribution is -0.0967. The number of hydrogen-bond donors (Lipinski definition) is 0. The van der Waals surface area contributed by atoms with Crippen molar-refractivity contribution in [3.05, 3.63) is 71.6 Å². The van der Waals surface area contributed by atoms with E-state index in [1.165, 1.54) is 6.20 Å². The second kappa shape index (κ2) is 7.57. The molecule has 7 nitrogen and oxygen atoms in total. The highest BCUT2D eigenvalue weighted by molar-refractivity contribution is 5.92. The van der Waals surface area contributed by atoms with Crippen molar-refractivity contribution >= 4 is 5.91 Å². The van der Waals surface area contributed by atoms with E-state index in [4.69, 9.17) is 9.72 Å². The standard InChI is InChI=1S/C23H23N5O2/c1-16-13-24-15-19(26-16)22(29)28-10-8-23(9-11-28)20-18(7-12-30-23)14-25-21(27-20)17-5-3-2-4-6-17/h2-6,13-15H,7-12H2,1H3. The number of aromatic nitrogens is 4. The van der Waals surface area contributed by atoms with E-state index in [2.05, 4.69) is 15.0 Å². The van der Waals surface area contributed by atoms with Crippen LogP contribution in [0.15, 0.2) is 48.9 Å². The molecule has 0 radical (unpaired) electrons. The summed E-state index contributed by atoms with van der Waals surface area (Å²) in [5, 5.41) is 0. The predicted octanol–water partition coefficient (Wildman–Crippen LogP) is 2.95. The largest absolute Gasteiger partial charge is 0.368 e. The zero-order valence-corrected chi connectivity index (χ0v) is 16.9. The Balaban J connectivity index is 1.40. The smallest absolute Gasteiger partial charge is 0.274 e. The maximum Gasteiger partial charge on any atom is 0.274 e. The molecule has 1 fully saturated rings. The van der Waals surface area contributed by atoms with Crippen molar-refractivity contribution in [2.75, 3.05) is 19.7 Å². The second-order valence-corrected chi connectivity index (χ2v) is 7.86. The molecule has 1 spiro atoms. The Labute approximate surface area is 175 Å². The molecule has 0 saturated carbocycles. The highest BCUT2D eigenvalue weighted by Gasteiger charge is 2.43. The molecule has 4 heterocycles. The van der Waals surface area contributed by atoms with E-state index in [1.54, 1.807) is 6.20 Å². The normalized spacial score (nSPS) is 17.6. The maximum atomic E-state index is 12.9. The maximum absolute atomic E-state index is 12.9. The molecule has 0 unspecified atom stereocenters. The monoisotopic (exact) mass is 401 g/mol. The minimum atomic E-state index is -0.463. The number of ether oxygens (including phenoxy) is 1. The summed E-state index contributed by atoms with van der Waals surface area (Å²) in [4.78, 5) is 32.7. The first-order valence-electron chi connectivity index (χ1n) is 10.3. The van der Waals surface area contributed by atoms with Gasteiger partial charge in [-0.3, -0.25) is 9.78 Å². The van der Waals surface area contributed by atoms with Gasteiger partial charge in [-0.25, -0.2) is 15.0 Å². The van der Waals surface area contributed by atoms with Crippen LogP contribution in [0, 0.1) is 6.92 Å². The van der Waals surface area contributed by atoms with Crippen molar-refractivity contribution in [2.45, 2.75) is 31.8 Å². The molecule has 0 aliphatic carbocycles. The number of fused-ring (bicyclic) bond motifs is 2. The van der Waals surface area contributed by atoms with Gasteiger partial charge in [0.05, 0.1) is 24.2 Å². The average Bonchev–Trinajstić information content (AvgIpc) is 2.80. The molecule has 2 aromatic heterocycles. The number of amides is 1. The van der Waals surface area contributed by atoms with Gasteiger partial charge in [-0.05, 0) is 31.7 Å². The van der Waals surface area contributed by atoms with Gasteiger partial charge in [0.15, 0.2) is 5.82 Å². The minimum absolute atomic E-state index is 0.0789. The first-order valence-corrected chi connectivity index (χ1v) is 10.3. The molecule has 1 saturated heterocycles. The summed E-state index contributed by atoms with van der Waals surface area (Å²) in [6.45, 7) is 3.68. The van der Waals surface area contributed by atoms with Crippen LogP contribution < -0.4 is 0 Å². The van der Waals surface area contributed by atoms with Crippen LogP contribution in [-0.2, 0) is 16.8 Å². The van der Waals surface area contributed by atoms with Crippen molar-refractivity contribution in [2.24, 2.45) is 0 Å². The fourth-order valence-corrected chi connectivity index (χ4v) is 4.32. The Kier molecular flexibility index (Phi) is 4.75. The molecule has 0 atom stereocenters. The number of rotatable bonds is 2. The summed E-state index contributed by atoms with van der Waals surface area (Å²) in [5.41, 5.74) is 3.78. The molecular weight excluding hydrogens is 378 g/mol. The molecule has 2 aliphatic heterocycles. The van der Waals surface area contributed by atoms with Gasteiger partial charge >= 0.3 is 0 Å². The number of aryl methyl sites for hydroxylation is 1. The predicted molar refractivity (Wildman–Crippen MR) is 111 cm³/mol. The molecule has 152 valence electrons. The fraction of sp³-hybridized carbons (Fsp3) is 0.348. The van der Waals surface area contributed by atoms with E-state index >= 15 is 0 Å². The van der Waals surface area contributed by atoms with Crippen molar-refractivity contribution < 1.29 is 9.53 Å². The van der Waals surface area contributed by atoms with Crippen LogP contribution in [0.4, 0.5) is 0 Å². The first kappa shape index (κ1) is 18.8. The SMILES string of the molecule is Cc1cncc(C(=O)N2CCC3(CC2)OCCc2cnc(-c4ccccc4)nc23)n1. The van der Waals surface area contributed by atoms with Crippen LogP contribution in [0.1, 0.15) is 40.3 Å². The molecule has 3 aromatic rings. The first-order chi connectivity index (χ1) is 14.6. The Morgan fingerprint density at radius 3 is 2.63 bits per heavy atom. The number of carbonyl (C=O) groups excluding carboxylic acids is 1. The fourth-order valence-electron chi connectivity index (χ4n) is 4.32. The third-order valence-corrected chi connectivity index (χ3v) is 5.91. The number of benzene rings is 1. The summed E-state index contributed by atoms with van der Waals surface area (Å²) in [6, 6.07) is 9.99.